The minimum Gasteiger partial charge on any atom is -0.480 e. The molecule has 0 unspecified atom stereocenters. The zero-order chi connectivity index (χ0) is 37.6. The number of carboxylic acid groups (broad SMARTS) is 1. The second-order valence-corrected chi connectivity index (χ2v) is 20.5. The lowest BCUT2D eigenvalue weighted by atomic mass is 9.91. The van der Waals surface area contributed by atoms with E-state index in [2.05, 4.69) is 20.2 Å². The molecule has 0 bridgehead atoms. The average molecular weight is 751 g/mol. The van der Waals surface area contributed by atoms with Gasteiger partial charge in [0, 0.05) is 23.0 Å². The number of nitrogen functional groups attached to an aromatic ring is 1. The summed E-state index contributed by atoms with van der Waals surface area (Å²) < 4.78 is 55.9. The highest BCUT2D eigenvalue weighted by molar-refractivity contribution is 7.94. The van der Waals surface area contributed by atoms with Crippen LogP contribution in [-0.4, -0.2) is 87.6 Å². The molecule has 15 nitrogen and oxygen atoms in total. The molecule has 0 atom stereocenters. The van der Waals surface area contributed by atoms with E-state index in [1.807, 2.05) is 13.8 Å². The van der Waals surface area contributed by atoms with Crippen LogP contribution in [0.1, 0.15) is 126 Å². The van der Waals surface area contributed by atoms with E-state index in [1.54, 1.807) is 19.9 Å². The molecule has 6 N–H and O–H groups in total. The van der Waals surface area contributed by atoms with E-state index in [9.17, 15) is 31.5 Å². The molecular weight excluding hydrogens is 693 g/mol. The third-order valence-corrected chi connectivity index (χ3v) is 15.3. The lowest BCUT2D eigenvalue weighted by Crippen LogP contribution is -2.48. The standard InChI is InChI=1S/C16H26N2O5S.C9H16O4S.C7H12N2O2.CH4/c1-15(2,10-19)12-9-13(23-18-12)17-14(20)16(3,4)24(21,22)11-7-5-6-8-11;1-9(2,8(10)11)14(12,13)7-5-3-4-6-7;1-7(2,4-10)5-3-6(8)11-9-5;/h9,11,19H,5-8,10H2,1-4H3,(H,17,20);7H,3-6H2,1-2H3,(H,10,11);3,10H,4,8H2,1-2H3;1H4. The molecule has 0 radical (unpaired) electrons. The van der Waals surface area contributed by atoms with Gasteiger partial charge in [-0.15, -0.1) is 0 Å². The normalized spacial score (nSPS) is 16.4. The largest absolute Gasteiger partial charge is 0.480 e. The molecule has 0 spiro atoms. The lowest BCUT2D eigenvalue weighted by molar-refractivity contribution is -0.139. The van der Waals surface area contributed by atoms with Gasteiger partial charge in [-0.3, -0.25) is 14.9 Å². The average Bonchev–Trinajstić information content (AvgIpc) is 3.85. The molecule has 2 aliphatic rings. The van der Waals surface area contributed by atoms with Gasteiger partial charge in [0.25, 0.3) is 0 Å². The van der Waals surface area contributed by atoms with Crippen LogP contribution in [0.3, 0.4) is 0 Å². The first-order chi connectivity index (χ1) is 22.4. The van der Waals surface area contributed by atoms with Crippen LogP contribution in [0.4, 0.5) is 11.8 Å². The Morgan fingerprint density at radius 2 is 1.14 bits per heavy atom. The molecule has 2 fully saturated rings. The molecule has 2 aliphatic carbocycles. The topological polar surface area (TPSA) is 253 Å². The summed E-state index contributed by atoms with van der Waals surface area (Å²) in [6.45, 7) is 12.6. The molecule has 17 heteroatoms. The van der Waals surface area contributed by atoms with Gasteiger partial charge < -0.3 is 30.1 Å². The number of carboxylic acids is 1. The summed E-state index contributed by atoms with van der Waals surface area (Å²) >= 11 is 0. The summed E-state index contributed by atoms with van der Waals surface area (Å²) in [6.07, 6.45) is 5.97. The number of aliphatic carboxylic acids is 1. The minimum absolute atomic E-state index is 0. The predicted octanol–water partition coefficient (Wildman–Crippen LogP) is 4.39. The number of carbonyl (C=O) groups excluding carboxylic acids is 1. The Labute approximate surface area is 296 Å². The molecule has 50 heavy (non-hydrogen) atoms. The number of nitrogens with zero attached hydrogens (tertiary/aromatic N) is 2. The number of carbonyl (C=O) groups is 2. The number of hydrogen-bond donors (Lipinski definition) is 5. The van der Waals surface area contributed by atoms with Crippen molar-refractivity contribution in [2.45, 2.75) is 145 Å². The van der Waals surface area contributed by atoms with Gasteiger partial charge in [-0.25, -0.2) is 16.8 Å². The quantitative estimate of drug-likeness (QED) is 0.214. The summed E-state index contributed by atoms with van der Waals surface area (Å²) in [7, 11) is -7.13. The third-order valence-electron chi connectivity index (χ3n) is 9.42. The zero-order valence-electron chi connectivity index (χ0n) is 29.8. The van der Waals surface area contributed by atoms with Crippen molar-refractivity contribution in [3.05, 3.63) is 23.5 Å². The highest BCUT2D eigenvalue weighted by atomic mass is 32.2. The Balaban J connectivity index is 0.000000408. The Kier molecular flexibility index (Phi) is 15.3. The molecule has 2 aromatic heterocycles. The predicted molar refractivity (Wildman–Crippen MR) is 191 cm³/mol. The minimum atomic E-state index is -3.60. The second kappa shape index (κ2) is 17.0. The van der Waals surface area contributed by atoms with Crippen molar-refractivity contribution in [2.75, 3.05) is 24.3 Å². The Morgan fingerprint density at radius 3 is 1.50 bits per heavy atom. The van der Waals surface area contributed by atoms with E-state index in [0.717, 1.165) is 25.7 Å². The molecule has 288 valence electrons. The molecule has 1 amide bonds. The van der Waals surface area contributed by atoms with Crippen molar-refractivity contribution in [1.29, 1.82) is 0 Å². The first kappa shape index (κ1) is 45.0. The van der Waals surface area contributed by atoms with Crippen LogP contribution in [0.2, 0.25) is 0 Å². The molecular formula is C33H58N4O11S2. The van der Waals surface area contributed by atoms with Crippen molar-refractivity contribution in [3.8, 4) is 0 Å². The number of nitrogens with one attached hydrogen (secondary N) is 1. The van der Waals surface area contributed by atoms with Crippen molar-refractivity contribution in [3.63, 3.8) is 0 Å². The number of aliphatic hydroxyl groups is 2. The summed E-state index contributed by atoms with van der Waals surface area (Å²) in [5.41, 5.74) is 5.49. The molecule has 4 rings (SSSR count). The maximum absolute atomic E-state index is 12.8. The Morgan fingerprint density at radius 1 is 0.760 bits per heavy atom. The molecule has 0 saturated heterocycles. The monoisotopic (exact) mass is 750 g/mol. The smallest absolute Gasteiger partial charge is 0.324 e. The number of hydrogen-bond acceptors (Lipinski definition) is 13. The number of amides is 1. The van der Waals surface area contributed by atoms with E-state index in [-0.39, 0.29) is 37.8 Å². The van der Waals surface area contributed by atoms with E-state index in [0.29, 0.717) is 37.1 Å². The summed E-state index contributed by atoms with van der Waals surface area (Å²) in [4.78, 5) is 23.4. The fourth-order valence-corrected chi connectivity index (χ4v) is 9.29. The Bertz CT molecular complexity index is 1630. The number of rotatable bonds is 11. The maximum atomic E-state index is 12.8. The van der Waals surface area contributed by atoms with Crippen LogP contribution < -0.4 is 11.1 Å². The van der Waals surface area contributed by atoms with Crippen molar-refractivity contribution >= 4 is 43.3 Å². The van der Waals surface area contributed by atoms with Gasteiger partial charge in [0.2, 0.25) is 17.7 Å². The highest BCUT2D eigenvalue weighted by Gasteiger charge is 2.48. The number of anilines is 2. The van der Waals surface area contributed by atoms with E-state index < -0.39 is 57.0 Å². The van der Waals surface area contributed by atoms with Gasteiger partial charge in [0.05, 0.1) is 35.1 Å². The van der Waals surface area contributed by atoms with E-state index in [4.69, 9.17) is 20.5 Å². The van der Waals surface area contributed by atoms with Crippen molar-refractivity contribution < 1.29 is 50.8 Å². The third kappa shape index (κ3) is 10.1. The highest BCUT2D eigenvalue weighted by Crippen LogP contribution is 2.34. The molecule has 2 heterocycles. The number of aromatic nitrogens is 2. The number of sulfone groups is 2. The van der Waals surface area contributed by atoms with Gasteiger partial charge in [-0.1, -0.05) is 71.1 Å². The van der Waals surface area contributed by atoms with Crippen LogP contribution in [0.15, 0.2) is 21.2 Å². The first-order valence-electron chi connectivity index (χ1n) is 16.3. The van der Waals surface area contributed by atoms with Crippen LogP contribution in [0.5, 0.6) is 0 Å². The number of nitrogens with two attached hydrogens (primary N) is 1. The summed E-state index contributed by atoms with van der Waals surface area (Å²) in [6, 6.07) is 3.13. The number of aliphatic hydroxyl groups excluding tert-OH is 2. The van der Waals surface area contributed by atoms with Gasteiger partial charge in [-0.2, -0.15) is 0 Å². The zero-order valence-corrected chi connectivity index (χ0v) is 31.4. The molecule has 2 saturated carbocycles. The SMILES string of the molecule is C.CC(C)(C(=O)O)S(=O)(=O)C1CCCC1.CC(C)(CO)c1cc(N)on1.CC(C)(CO)c1cc(NC(=O)C(C)(C)S(=O)(=O)C2CCCC2)on1. The molecule has 0 aliphatic heterocycles. The second-order valence-electron chi connectivity index (χ2n) is 15.0. The maximum Gasteiger partial charge on any atom is 0.324 e. The van der Waals surface area contributed by atoms with E-state index in [1.165, 1.54) is 33.8 Å². The van der Waals surface area contributed by atoms with Crippen molar-refractivity contribution in [1.82, 2.24) is 10.3 Å². The summed E-state index contributed by atoms with van der Waals surface area (Å²) in [5, 5.41) is 36.3. The van der Waals surface area contributed by atoms with Crippen LogP contribution in [-0.2, 0) is 40.1 Å². The van der Waals surface area contributed by atoms with Gasteiger partial charge in [0.15, 0.2) is 24.4 Å². The van der Waals surface area contributed by atoms with Crippen molar-refractivity contribution in [2.24, 2.45) is 0 Å². The fourth-order valence-electron chi connectivity index (χ4n) is 5.17. The lowest BCUT2D eigenvalue weighted by Gasteiger charge is -2.26. The van der Waals surface area contributed by atoms with Crippen LogP contribution in [0, 0.1) is 0 Å². The first-order valence-corrected chi connectivity index (χ1v) is 19.4. The van der Waals surface area contributed by atoms with Gasteiger partial charge in [0.1, 0.15) is 4.75 Å². The van der Waals surface area contributed by atoms with Gasteiger partial charge >= 0.3 is 5.97 Å². The fraction of sp³-hybridized carbons (Fsp3) is 0.758. The molecule has 2 aromatic rings. The van der Waals surface area contributed by atoms with E-state index >= 15 is 0 Å². The summed E-state index contributed by atoms with van der Waals surface area (Å²) in [5.74, 6) is -1.55. The molecule has 0 aromatic carbocycles. The van der Waals surface area contributed by atoms with Crippen LogP contribution in [0.25, 0.3) is 0 Å². The van der Waals surface area contributed by atoms with Crippen LogP contribution >= 0.6 is 0 Å². The Hall–Kier alpha value is -3.02. The van der Waals surface area contributed by atoms with Gasteiger partial charge in [-0.05, 0) is 53.4 Å².